The van der Waals surface area contributed by atoms with Crippen LogP contribution in [0.25, 0.3) is 0 Å². The molecule has 0 aromatic heterocycles. The normalized spacial score (nSPS) is 10.7. The quantitative estimate of drug-likeness (QED) is 0.748. The summed E-state index contributed by atoms with van der Waals surface area (Å²) in [6.07, 6.45) is 0. The lowest BCUT2D eigenvalue weighted by molar-refractivity contribution is 0.102. The highest BCUT2D eigenvalue weighted by atomic mass is 79.9. The molecule has 0 heterocycles. The van der Waals surface area contributed by atoms with Crippen LogP contribution in [-0.4, -0.2) is 11.7 Å². The number of rotatable bonds is 4. The minimum absolute atomic E-state index is 0.0292. The molecule has 2 rings (SSSR count). The molecule has 0 radical (unpaired) electrons. The SMILES string of the molecule is O=C(Nc1ccccc1SC(F)F)c1cccc(F)c1Br. The van der Waals surface area contributed by atoms with Crippen molar-refractivity contribution in [2.75, 3.05) is 5.32 Å². The van der Waals surface area contributed by atoms with E-state index in [0.717, 1.165) is 0 Å². The van der Waals surface area contributed by atoms with Crippen LogP contribution >= 0.6 is 27.7 Å². The number of amides is 1. The predicted molar refractivity (Wildman–Crippen MR) is 80.4 cm³/mol. The minimum Gasteiger partial charge on any atom is -0.321 e. The number of hydrogen-bond acceptors (Lipinski definition) is 2. The van der Waals surface area contributed by atoms with Crippen molar-refractivity contribution in [3.8, 4) is 0 Å². The van der Waals surface area contributed by atoms with Gasteiger partial charge in [-0.15, -0.1) is 0 Å². The zero-order chi connectivity index (χ0) is 15.4. The second-order valence-electron chi connectivity index (χ2n) is 3.93. The van der Waals surface area contributed by atoms with E-state index in [9.17, 15) is 18.0 Å². The van der Waals surface area contributed by atoms with Crippen molar-refractivity contribution in [3.63, 3.8) is 0 Å². The Kier molecular flexibility index (Phi) is 5.30. The summed E-state index contributed by atoms with van der Waals surface area (Å²) in [6.45, 7) is 0. The third-order valence-electron chi connectivity index (χ3n) is 2.55. The van der Waals surface area contributed by atoms with Crippen molar-refractivity contribution in [1.29, 1.82) is 0 Å². The molecule has 0 fully saturated rings. The fourth-order valence-electron chi connectivity index (χ4n) is 1.64. The molecule has 2 aromatic rings. The number of alkyl halides is 2. The molecular weight excluding hydrogens is 367 g/mol. The summed E-state index contributed by atoms with van der Waals surface area (Å²) in [6, 6.07) is 10.2. The van der Waals surface area contributed by atoms with Crippen LogP contribution in [0.15, 0.2) is 51.8 Å². The van der Waals surface area contributed by atoms with Gasteiger partial charge in [-0.05, 0) is 40.2 Å². The third kappa shape index (κ3) is 4.01. The average Bonchev–Trinajstić information content (AvgIpc) is 2.43. The van der Waals surface area contributed by atoms with Crippen LogP contribution in [0.5, 0.6) is 0 Å². The molecule has 2 aromatic carbocycles. The molecule has 0 spiro atoms. The zero-order valence-electron chi connectivity index (χ0n) is 10.4. The topological polar surface area (TPSA) is 29.1 Å². The van der Waals surface area contributed by atoms with Gasteiger partial charge in [0.05, 0.1) is 15.7 Å². The Morgan fingerprint density at radius 2 is 1.86 bits per heavy atom. The van der Waals surface area contributed by atoms with Crippen molar-refractivity contribution in [2.24, 2.45) is 0 Å². The van der Waals surface area contributed by atoms with Crippen LogP contribution in [0.4, 0.5) is 18.9 Å². The number of hydrogen-bond donors (Lipinski definition) is 1. The van der Waals surface area contributed by atoms with Gasteiger partial charge in [-0.2, -0.15) is 8.78 Å². The number of benzene rings is 2. The Bertz CT molecular complexity index is 666. The first-order chi connectivity index (χ1) is 9.99. The summed E-state index contributed by atoms with van der Waals surface area (Å²) >= 11 is 3.33. The Morgan fingerprint density at radius 1 is 1.14 bits per heavy atom. The zero-order valence-corrected chi connectivity index (χ0v) is 12.8. The van der Waals surface area contributed by atoms with Crippen molar-refractivity contribution in [1.82, 2.24) is 0 Å². The van der Waals surface area contributed by atoms with Gasteiger partial charge in [-0.25, -0.2) is 4.39 Å². The fourth-order valence-corrected chi connectivity index (χ4v) is 2.68. The highest BCUT2D eigenvalue weighted by Crippen LogP contribution is 2.32. The fraction of sp³-hybridized carbons (Fsp3) is 0.0714. The summed E-state index contributed by atoms with van der Waals surface area (Å²) < 4.78 is 38.4. The van der Waals surface area contributed by atoms with Crippen LogP contribution < -0.4 is 5.32 Å². The van der Waals surface area contributed by atoms with Gasteiger partial charge in [-0.3, -0.25) is 4.79 Å². The van der Waals surface area contributed by atoms with Gasteiger partial charge in [0.25, 0.3) is 11.7 Å². The van der Waals surface area contributed by atoms with Crippen LogP contribution in [0.2, 0.25) is 0 Å². The maximum atomic E-state index is 13.4. The summed E-state index contributed by atoms with van der Waals surface area (Å²) in [4.78, 5) is 12.4. The highest BCUT2D eigenvalue weighted by molar-refractivity contribution is 9.10. The molecule has 110 valence electrons. The Hall–Kier alpha value is -1.47. The van der Waals surface area contributed by atoms with Crippen molar-refractivity contribution >= 4 is 39.3 Å². The smallest absolute Gasteiger partial charge is 0.288 e. The minimum atomic E-state index is -2.59. The van der Waals surface area contributed by atoms with Crippen LogP contribution in [0.1, 0.15) is 10.4 Å². The molecule has 21 heavy (non-hydrogen) atoms. The van der Waals surface area contributed by atoms with Gasteiger partial charge in [0.2, 0.25) is 0 Å². The van der Waals surface area contributed by atoms with Crippen molar-refractivity contribution in [2.45, 2.75) is 10.7 Å². The Morgan fingerprint density at radius 3 is 2.57 bits per heavy atom. The van der Waals surface area contributed by atoms with Crippen molar-refractivity contribution in [3.05, 3.63) is 58.3 Å². The second kappa shape index (κ2) is 7.00. The van der Waals surface area contributed by atoms with E-state index in [4.69, 9.17) is 0 Å². The number of carbonyl (C=O) groups is 1. The molecule has 1 N–H and O–H groups in total. The van der Waals surface area contributed by atoms with Crippen LogP contribution in [0.3, 0.4) is 0 Å². The van der Waals surface area contributed by atoms with Crippen LogP contribution in [0, 0.1) is 5.82 Å². The first-order valence-electron chi connectivity index (χ1n) is 5.78. The molecule has 0 saturated carbocycles. The predicted octanol–water partition coefficient (Wildman–Crippen LogP) is 5.16. The summed E-state index contributed by atoms with van der Waals surface area (Å²) in [7, 11) is 0. The molecule has 0 aliphatic heterocycles. The van der Waals surface area contributed by atoms with Gasteiger partial charge >= 0.3 is 0 Å². The molecule has 0 unspecified atom stereocenters. The monoisotopic (exact) mass is 375 g/mol. The Balaban J connectivity index is 2.26. The van der Waals surface area contributed by atoms with E-state index in [1.807, 2.05) is 0 Å². The lowest BCUT2D eigenvalue weighted by atomic mass is 10.2. The standard InChI is InChI=1S/C14H9BrF3NOS/c15-12-8(4-3-5-9(12)16)13(20)19-10-6-1-2-7-11(10)21-14(17)18/h1-7,14H,(H,19,20). The van der Waals surface area contributed by atoms with Gasteiger partial charge in [0.1, 0.15) is 5.82 Å². The summed E-state index contributed by atoms with van der Waals surface area (Å²) in [5, 5.41) is 2.51. The number of anilines is 1. The van der Waals surface area contributed by atoms with E-state index in [1.165, 1.54) is 30.3 Å². The van der Waals surface area contributed by atoms with Gasteiger partial charge in [-0.1, -0.05) is 30.0 Å². The van der Waals surface area contributed by atoms with E-state index in [-0.39, 0.29) is 20.6 Å². The van der Waals surface area contributed by atoms with E-state index < -0.39 is 17.5 Å². The van der Waals surface area contributed by atoms with Gasteiger partial charge in [0.15, 0.2) is 0 Å². The molecule has 1 amide bonds. The number of thioether (sulfide) groups is 1. The number of halogens is 4. The number of nitrogens with one attached hydrogen (secondary N) is 1. The summed E-state index contributed by atoms with van der Waals surface area (Å²) in [5.74, 6) is -3.74. The lowest BCUT2D eigenvalue weighted by Gasteiger charge is -2.11. The van der Waals surface area contributed by atoms with E-state index in [0.29, 0.717) is 11.8 Å². The second-order valence-corrected chi connectivity index (χ2v) is 5.76. The van der Waals surface area contributed by atoms with Gasteiger partial charge in [0, 0.05) is 4.90 Å². The van der Waals surface area contributed by atoms with Crippen LogP contribution in [-0.2, 0) is 0 Å². The lowest BCUT2D eigenvalue weighted by Crippen LogP contribution is -2.13. The third-order valence-corrected chi connectivity index (χ3v) is 4.14. The molecule has 0 atom stereocenters. The first kappa shape index (κ1) is 15.9. The molecule has 0 saturated heterocycles. The highest BCUT2D eigenvalue weighted by Gasteiger charge is 2.16. The van der Waals surface area contributed by atoms with Crippen molar-refractivity contribution < 1.29 is 18.0 Å². The first-order valence-corrected chi connectivity index (χ1v) is 7.45. The van der Waals surface area contributed by atoms with E-state index in [1.54, 1.807) is 12.1 Å². The molecule has 0 aliphatic carbocycles. The van der Waals surface area contributed by atoms with E-state index in [2.05, 4.69) is 21.2 Å². The molecule has 0 aliphatic rings. The van der Waals surface area contributed by atoms with Gasteiger partial charge < -0.3 is 5.32 Å². The average molecular weight is 376 g/mol. The summed E-state index contributed by atoms with van der Waals surface area (Å²) in [5.41, 5.74) is 0.343. The molecule has 7 heteroatoms. The maximum Gasteiger partial charge on any atom is 0.288 e. The molecule has 2 nitrogen and oxygen atoms in total. The Labute approximate surface area is 131 Å². The number of para-hydroxylation sites is 1. The molecular formula is C14H9BrF3NOS. The largest absolute Gasteiger partial charge is 0.321 e. The molecule has 0 bridgehead atoms. The maximum absolute atomic E-state index is 13.4. The number of carbonyl (C=O) groups excluding carboxylic acids is 1. The van der Waals surface area contributed by atoms with E-state index >= 15 is 0 Å².